The van der Waals surface area contributed by atoms with Gasteiger partial charge in [-0.05, 0) is 29.8 Å². The van der Waals surface area contributed by atoms with E-state index in [1.54, 1.807) is 12.1 Å². The Balaban J connectivity index is 1.83. The third-order valence-electron chi connectivity index (χ3n) is 3.85. The highest BCUT2D eigenvalue weighted by Gasteiger charge is 2.04. The number of nitrogens with one attached hydrogen (secondary N) is 1. The average Bonchev–Trinajstić information content (AvgIpc) is 2.65. The molecular weight excluding hydrogens is 316 g/mol. The molecule has 0 fully saturated rings. The molecule has 2 aromatic carbocycles. The largest absolute Gasteiger partial charge is 0.506 e. The highest BCUT2D eigenvalue weighted by Crippen LogP contribution is 2.23. The minimum absolute atomic E-state index is 0.160. The molecule has 5 nitrogen and oxygen atoms in total. The van der Waals surface area contributed by atoms with E-state index in [2.05, 4.69) is 10.3 Å². The van der Waals surface area contributed by atoms with E-state index in [9.17, 15) is 10.2 Å². The minimum Gasteiger partial charge on any atom is -0.506 e. The van der Waals surface area contributed by atoms with Gasteiger partial charge in [0.2, 0.25) is 0 Å². The monoisotopic (exact) mass is 336 g/mol. The van der Waals surface area contributed by atoms with Gasteiger partial charge in [-0.25, -0.2) is 4.98 Å². The molecule has 5 heteroatoms. The number of nitrogens with zero attached hydrogens (tertiary/aromatic N) is 1. The zero-order valence-electron chi connectivity index (χ0n) is 13.6. The second-order valence-corrected chi connectivity index (χ2v) is 5.72. The Labute approximate surface area is 145 Å². The second-order valence-electron chi connectivity index (χ2n) is 5.72. The predicted molar refractivity (Wildman–Crippen MR) is 100 cm³/mol. The third-order valence-corrected chi connectivity index (χ3v) is 3.85. The van der Waals surface area contributed by atoms with Crippen molar-refractivity contribution in [2.45, 2.75) is 6.10 Å². The van der Waals surface area contributed by atoms with Crippen molar-refractivity contribution in [2.24, 2.45) is 0 Å². The van der Waals surface area contributed by atoms with Crippen LogP contribution in [0.15, 0.2) is 54.6 Å². The van der Waals surface area contributed by atoms with Gasteiger partial charge in [-0.1, -0.05) is 42.5 Å². The summed E-state index contributed by atoms with van der Waals surface area (Å²) in [6, 6.07) is 16.8. The van der Waals surface area contributed by atoms with Crippen molar-refractivity contribution in [3.8, 4) is 5.75 Å². The van der Waals surface area contributed by atoms with Gasteiger partial charge in [-0.15, -0.1) is 0 Å². The van der Waals surface area contributed by atoms with Crippen LogP contribution in [0.1, 0.15) is 11.3 Å². The minimum atomic E-state index is -0.804. The number of fused-ring (bicyclic) bond motifs is 1. The Hall–Kier alpha value is -2.89. The molecule has 25 heavy (non-hydrogen) atoms. The van der Waals surface area contributed by atoms with Gasteiger partial charge in [0.25, 0.3) is 0 Å². The van der Waals surface area contributed by atoms with Gasteiger partial charge in [0.15, 0.2) is 0 Å². The number of para-hydroxylation sites is 2. The van der Waals surface area contributed by atoms with E-state index in [1.165, 1.54) is 0 Å². The molecule has 1 atom stereocenters. The molecule has 128 valence electrons. The first kappa shape index (κ1) is 17.0. The van der Waals surface area contributed by atoms with Crippen LogP contribution in [-0.2, 0) is 0 Å². The van der Waals surface area contributed by atoms with Crippen LogP contribution in [0.2, 0.25) is 0 Å². The molecule has 0 saturated heterocycles. The first-order chi connectivity index (χ1) is 12.2. The van der Waals surface area contributed by atoms with Crippen molar-refractivity contribution in [2.75, 3.05) is 18.5 Å². The van der Waals surface area contributed by atoms with Gasteiger partial charge < -0.3 is 20.6 Å². The van der Waals surface area contributed by atoms with Gasteiger partial charge in [-0.3, -0.25) is 0 Å². The molecule has 0 radical (unpaired) electrons. The molecule has 3 aromatic rings. The fourth-order valence-electron chi connectivity index (χ4n) is 2.51. The lowest BCUT2D eigenvalue weighted by Crippen LogP contribution is -2.23. The van der Waals surface area contributed by atoms with Crippen molar-refractivity contribution in [3.05, 3.63) is 65.9 Å². The molecule has 0 bridgehead atoms. The summed E-state index contributed by atoms with van der Waals surface area (Å²) in [6.45, 7) is -0.0149. The molecule has 1 unspecified atom stereocenters. The number of phenolic OH excluding ortho intramolecular Hbond substituents is 1. The first-order valence-electron chi connectivity index (χ1n) is 8.06. The molecule has 1 heterocycles. The highest BCUT2D eigenvalue weighted by atomic mass is 16.3. The van der Waals surface area contributed by atoms with Crippen LogP contribution in [0.5, 0.6) is 5.75 Å². The quantitative estimate of drug-likeness (QED) is 0.556. The van der Waals surface area contributed by atoms with Crippen molar-refractivity contribution >= 4 is 28.7 Å². The van der Waals surface area contributed by atoms with Gasteiger partial charge in [-0.2, -0.15) is 0 Å². The van der Waals surface area contributed by atoms with Gasteiger partial charge >= 0.3 is 0 Å². The number of phenols is 1. The summed E-state index contributed by atoms with van der Waals surface area (Å²) >= 11 is 0. The number of aromatic hydroxyl groups is 1. The molecule has 1 aromatic heterocycles. The maximum atomic E-state index is 9.93. The van der Waals surface area contributed by atoms with Crippen LogP contribution in [0, 0.1) is 0 Å². The standard InChI is InChI=1S/C20H20N2O3/c23-13-17(24)12-21-18-6-2-1-4-14(18)8-10-16-11-9-15-5-3-7-19(25)20(15)22-16/h1-11,17,21,23-25H,12-13H2. The molecule has 0 spiro atoms. The van der Waals surface area contributed by atoms with E-state index < -0.39 is 6.10 Å². The van der Waals surface area contributed by atoms with Crippen LogP contribution < -0.4 is 5.32 Å². The van der Waals surface area contributed by atoms with Crippen LogP contribution in [0.25, 0.3) is 23.1 Å². The van der Waals surface area contributed by atoms with Crippen LogP contribution >= 0.6 is 0 Å². The summed E-state index contributed by atoms with van der Waals surface area (Å²) in [5.41, 5.74) is 3.10. The zero-order valence-corrected chi connectivity index (χ0v) is 13.6. The fourth-order valence-corrected chi connectivity index (χ4v) is 2.51. The number of pyridine rings is 1. The van der Waals surface area contributed by atoms with Gasteiger partial charge in [0.1, 0.15) is 11.3 Å². The normalized spacial score (nSPS) is 12.6. The smallest absolute Gasteiger partial charge is 0.141 e. The SMILES string of the molecule is OCC(O)CNc1ccccc1C=Cc1ccc2cccc(O)c2n1. The van der Waals surface area contributed by atoms with Crippen molar-refractivity contribution in [3.63, 3.8) is 0 Å². The zero-order chi connectivity index (χ0) is 17.6. The van der Waals surface area contributed by atoms with Crippen LogP contribution in [-0.4, -0.2) is 39.6 Å². The molecule has 3 rings (SSSR count). The summed E-state index contributed by atoms with van der Waals surface area (Å²) in [6.07, 6.45) is 2.98. The number of benzene rings is 2. The van der Waals surface area contributed by atoms with E-state index in [1.807, 2.05) is 54.6 Å². The molecule has 0 aliphatic carbocycles. The summed E-state index contributed by atoms with van der Waals surface area (Å²) in [5, 5.41) is 32.3. The van der Waals surface area contributed by atoms with Crippen molar-refractivity contribution in [1.82, 2.24) is 4.98 Å². The van der Waals surface area contributed by atoms with Gasteiger partial charge in [0.05, 0.1) is 18.4 Å². The molecule has 4 N–H and O–H groups in total. The summed E-state index contributed by atoms with van der Waals surface area (Å²) < 4.78 is 0. The van der Waals surface area contributed by atoms with E-state index >= 15 is 0 Å². The highest BCUT2D eigenvalue weighted by molar-refractivity contribution is 5.86. The Morgan fingerprint density at radius 1 is 1.00 bits per heavy atom. The predicted octanol–water partition coefficient (Wildman–Crippen LogP) is 2.88. The van der Waals surface area contributed by atoms with Crippen molar-refractivity contribution in [1.29, 1.82) is 0 Å². The maximum Gasteiger partial charge on any atom is 0.141 e. The Morgan fingerprint density at radius 2 is 1.84 bits per heavy atom. The van der Waals surface area contributed by atoms with Gasteiger partial charge in [0, 0.05) is 17.6 Å². The molecule has 0 aliphatic heterocycles. The number of aliphatic hydroxyl groups is 2. The van der Waals surface area contributed by atoms with E-state index in [0.717, 1.165) is 22.3 Å². The lowest BCUT2D eigenvalue weighted by Gasteiger charge is -2.12. The van der Waals surface area contributed by atoms with E-state index in [0.29, 0.717) is 5.52 Å². The number of aliphatic hydroxyl groups excluding tert-OH is 2. The fraction of sp³-hybridized carbons (Fsp3) is 0.150. The molecular formula is C20H20N2O3. The average molecular weight is 336 g/mol. The van der Waals surface area contributed by atoms with E-state index in [4.69, 9.17) is 5.11 Å². The summed E-state index contributed by atoms with van der Waals surface area (Å²) in [4.78, 5) is 4.48. The summed E-state index contributed by atoms with van der Waals surface area (Å²) in [7, 11) is 0. The number of anilines is 1. The van der Waals surface area contributed by atoms with Crippen LogP contribution in [0.4, 0.5) is 5.69 Å². The molecule has 0 saturated carbocycles. The molecule has 0 amide bonds. The Morgan fingerprint density at radius 3 is 2.68 bits per heavy atom. The number of hydrogen-bond donors (Lipinski definition) is 4. The van der Waals surface area contributed by atoms with Crippen molar-refractivity contribution < 1.29 is 15.3 Å². The first-order valence-corrected chi connectivity index (χ1v) is 8.06. The lowest BCUT2D eigenvalue weighted by atomic mass is 10.1. The number of rotatable bonds is 6. The topological polar surface area (TPSA) is 85.6 Å². The third kappa shape index (κ3) is 4.15. The Bertz CT molecular complexity index is 893. The van der Waals surface area contributed by atoms with E-state index in [-0.39, 0.29) is 18.9 Å². The number of hydrogen-bond acceptors (Lipinski definition) is 5. The summed E-state index contributed by atoms with van der Waals surface area (Å²) in [5.74, 6) is 0.160. The molecule has 0 aliphatic rings. The Kier molecular flexibility index (Phi) is 5.28. The number of aromatic nitrogens is 1. The second kappa shape index (κ2) is 7.79. The maximum absolute atomic E-state index is 9.93. The van der Waals surface area contributed by atoms with Crippen LogP contribution in [0.3, 0.4) is 0 Å². The lowest BCUT2D eigenvalue weighted by molar-refractivity contribution is 0.105.